The van der Waals surface area contributed by atoms with Crippen molar-refractivity contribution in [2.24, 2.45) is 0 Å². The van der Waals surface area contributed by atoms with Gasteiger partial charge in [0.15, 0.2) is 0 Å². The number of unbranched alkanes of at least 4 members (excludes halogenated alkanes) is 5. The quantitative estimate of drug-likeness (QED) is 0.510. The zero-order chi connectivity index (χ0) is 13.1. The smallest absolute Gasteiger partial charge is 0.512 e. The van der Waals surface area contributed by atoms with E-state index in [1.807, 2.05) is 18.2 Å². The van der Waals surface area contributed by atoms with Gasteiger partial charge >= 0.3 is 7.32 Å². The minimum Gasteiger partial charge on any atom is -0.512 e. The SMILES string of the molecule is CCCCCCCCOB(O)Oc1ccccc1. The second kappa shape index (κ2) is 9.98. The zero-order valence-corrected chi connectivity index (χ0v) is 11.2. The van der Waals surface area contributed by atoms with Gasteiger partial charge in [-0.2, -0.15) is 0 Å². The molecule has 0 radical (unpaired) electrons. The van der Waals surface area contributed by atoms with Gasteiger partial charge in [0.05, 0.1) is 0 Å². The summed E-state index contributed by atoms with van der Waals surface area (Å²) in [6, 6.07) is 9.19. The number of para-hydroxylation sites is 1. The van der Waals surface area contributed by atoms with E-state index in [4.69, 9.17) is 9.31 Å². The van der Waals surface area contributed by atoms with Crippen LogP contribution >= 0.6 is 0 Å². The van der Waals surface area contributed by atoms with Crippen molar-refractivity contribution in [2.45, 2.75) is 45.4 Å². The fraction of sp³-hybridized carbons (Fsp3) is 0.571. The van der Waals surface area contributed by atoms with Crippen LogP contribution in [-0.2, 0) is 4.65 Å². The Hall–Kier alpha value is -0.995. The largest absolute Gasteiger partial charge is 0.710 e. The normalized spacial score (nSPS) is 10.3. The number of hydrogen-bond acceptors (Lipinski definition) is 3. The molecule has 3 nitrogen and oxygen atoms in total. The zero-order valence-electron chi connectivity index (χ0n) is 11.2. The topological polar surface area (TPSA) is 38.7 Å². The van der Waals surface area contributed by atoms with E-state index in [0.29, 0.717) is 12.4 Å². The first-order chi connectivity index (χ1) is 8.83. The average molecular weight is 250 g/mol. The molecule has 1 aromatic carbocycles. The van der Waals surface area contributed by atoms with E-state index < -0.39 is 7.32 Å². The highest BCUT2D eigenvalue weighted by molar-refractivity contribution is 6.35. The Labute approximate surface area is 110 Å². The van der Waals surface area contributed by atoms with Crippen LogP contribution in [0.2, 0.25) is 0 Å². The second-order valence-corrected chi connectivity index (χ2v) is 4.38. The Balaban J connectivity index is 1.99. The molecule has 0 saturated heterocycles. The molecule has 0 aromatic heterocycles. The fourth-order valence-electron chi connectivity index (χ4n) is 1.72. The van der Waals surface area contributed by atoms with Crippen molar-refractivity contribution in [3.8, 4) is 5.75 Å². The van der Waals surface area contributed by atoms with Gasteiger partial charge < -0.3 is 14.3 Å². The van der Waals surface area contributed by atoms with Gasteiger partial charge in [-0.25, -0.2) is 0 Å². The monoisotopic (exact) mass is 250 g/mol. The lowest BCUT2D eigenvalue weighted by molar-refractivity contribution is 0.189. The summed E-state index contributed by atoms with van der Waals surface area (Å²) >= 11 is 0. The van der Waals surface area contributed by atoms with Crippen LogP contribution in [-0.4, -0.2) is 19.0 Å². The highest BCUT2D eigenvalue weighted by Gasteiger charge is 2.17. The van der Waals surface area contributed by atoms with Gasteiger partial charge in [0.2, 0.25) is 0 Å². The van der Waals surface area contributed by atoms with Crippen molar-refractivity contribution >= 4 is 7.32 Å². The molecule has 0 spiro atoms. The Bertz CT molecular complexity index is 292. The molecule has 0 bridgehead atoms. The van der Waals surface area contributed by atoms with E-state index in [-0.39, 0.29) is 0 Å². The van der Waals surface area contributed by atoms with E-state index in [1.54, 1.807) is 12.1 Å². The first-order valence-electron chi connectivity index (χ1n) is 6.84. The van der Waals surface area contributed by atoms with Gasteiger partial charge in [0, 0.05) is 6.61 Å². The maximum Gasteiger partial charge on any atom is 0.710 e. The summed E-state index contributed by atoms with van der Waals surface area (Å²) in [5.41, 5.74) is 0. The lowest BCUT2D eigenvalue weighted by atomic mass is 10.1. The van der Waals surface area contributed by atoms with E-state index in [0.717, 1.165) is 12.8 Å². The van der Waals surface area contributed by atoms with Crippen molar-refractivity contribution in [3.63, 3.8) is 0 Å². The van der Waals surface area contributed by atoms with Gasteiger partial charge in [-0.05, 0) is 18.6 Å². The Morgan fingerprint density at radius 2 is 1.67 bits per heavy atom. The molecule has 4 heteroatoms. The summed E-state index contributed by atoms with van der Waals surface area (Å²) in [7, 11) is -1.16. The van der Waals surface area contributed by atoms with Crippen LogP contribution < -0.4 is 4.65 Å². The molecule has 18 heavy (non-hydrogen) atoms. The second-order valence-electron chi connectivity index (χ2n) is 4.38. The lowest BCUT2D eigenvalue weighted by Crippen LogP contribution is -2.26. The van der Waals surface area contributed by atoms with Gasteiger partial charge in [-0.1, -0.05) is 57.2 Å². The van der Waals surface area contributed by atoms with Crippen LogP contribution in [0.5, 0.6) is 5.75 Å². The number of hydrogen-bond donors (Lipinski definition) is 1. The Morgan fingerprint density at radius 3 is 2.39 bits per heavy atom. The minimum absolute atomic E-state index is 0.542. The number of rotatable bonds is 10. The van der Waals surface area contributed by atoms with Gasteiger partial charge in [0.1, 0.15) is 5.75 Å². The van der Waals surface area contributed by atoms with E-state index >= 15 is 0 Å². The molecule has 0 atom stereocenters. The molecule has 1 rings (SSSR count). The van der Waals surface area contributed by atoms with Crippen molar-refractivity contribution in [3.05, 3.63) is 30.3 Å². The maximum atomic E-state index is 9.50. The predicted molar refractivity (Wildman–Crippen MR) is 74.4 cm³/mol. The summed E-state index contributed by atoms with van der Waals surface area (Å²) in [4.78, 5) is 0. The fourth-order valence-corrected chi connectivity index (χ4v) is 1.72. The minimum atomic E-state index is -1.16. The summed E-state index contributed by atoms with van der Waals surface area (Å²) in [6.07, 6.45) is 7.23. The van der Waals surface area contributed by atoms with Crippen LogP contribution in [0.25, 0.3) is 0 Å². The van der Waals surface area contributed by atoms with E-state index in [1.165, 1.54) is 25.7 Å². The van der Waals surface area contributed by atoms with Gasteiger partial charge in [0.25, 0.3) is 0 Å². The molecule has 0 heterocycles. The summed E-state index contributed by atoms with van der Waals surface area (Å²) in [5, 5.41) is 9.50. The molecule has 0 amide bonds. The summed E-state index contributed by atoms with van der Waals surface area (Å²) < 4.78 is 10.4. The summed E-state index contributed by atoms with van der Waals surface area (Å²) in [5.74, 6) is 0.618. The van der Waals surface area contributed by atoms with Crippen LogP contribution in [0.3, 0.4) is 0 Å². The van der Waals surface area contributed by atoms with Crippen molar-refractivity contribution < 1.29 is 14.3 Å². The third-order valence-corrected chi connectivity index (χ3v) is 2.74. The molecule has 100 valence electrons. The molecule has 0 unspecified atom stereocenters. The highest BCUT2D eigenvalue weighted by Crippen LogP contribution is 2.10. The molecule has 1 N–H and O–H groups in total. The highest BCUT2D eigenvalue weighted by atomic mass is 16.7. The van der Waals surface area contributed by atoms with Crippen LogP contribution in [0.1, 0.15) is 45.4 Å². The van der Waals surface area contributed by atoms with E-state index in [2.05, 4.69) is 6.92 Å². The molecule has 1 aromatic rings. The average Bonchev–Trinajstić information content (AvgIpc) is 2.39. The van der Waals surface area contributed by atoms with Crippen molar-refractivity contribution in [1.29, 1.82) is 0 Å². The van der Waals surface area contributed by atoms with Crippen LogP contribution in [0.15, 0.2) is 30.3 Å². The third-order valence-electron chi connectivity index (χ3n) is 2.74. The Kier molecular flexibility index (Phi) is 8.35. The molecule has 0 saturated carbocycles. The van der Waals surface area contributed by atoms with Crippen LogP contribution in [0, 0.1) is 0 Å². The predicted octanol–water partition coefficient (Wildman–Crippen LogP) is 3.42. The van der Waals surface area contributed by atoms with Crippen molar-refractivity contribution in [2.75, 3.05) is 6.61 Å². The standard InChI is InChI=1S/C14H23BO3/c1-2-3-4-5-6-10-13-17-15(16)18-14-11-8-7-9-12-14/h7-9,11-12,16H,2-6,10,13H2,1H3. The van der Waals surface area contributed by atoms with Crippen molar-refractivity contribution in [1.82, 2.24) is 0 Å². The molecule has 0 aliphatic rings. The molecule has 0 aliphatic heterocycles. The maximum absolute atomic E-state index is 9.50. The van der Waals surface area contributed by atoms with Gasteiger partial charge in [-0.3, -0.25) is 0 Å². The first kappa shape index (κ1) is 15.1. The third kappa shape index (κ3) is 7.35. The van der Waals surface area contributed by atoms with E-state index in [9.17, 15) is 5.02 Å². The molecule has 0 fully saturated rings. The lowest BCUT2D eigenvalue weighted by Gasteiger charge is -2.09. The Morgan fingerprint density at radius 1 is 1.00 bits per heavy atom. The summed E-state index contributed by atoms with van der Waals surface area (Å²) in [6.45, 7) is 2.75. The van der Waals surface area contributed by atoms with Crippen LogP contribution in [0.4, 0.5) is 0 Å². The first-order valence-corrected chi connectivity index (χ1v) is 6.84. The molecule has 0 aliphatic carbocycles. The molecular weight excluding hydrogens is 227 g/mol. The number of benzene rings is 1. The molecular formula is C14H23BO3. The van der Waals surface area contributed by atoms with Gasteiger partial charge in [-0.15, -0.1) is 0 Å².